The molecule has 2 N–H and O–H groups in total. The predicted molar refractivity (Wildman–Crippen MR) is 108 cm³/mol. The topological polar surface area (TPSA) is 77.7 Å². The Morgan fingerprint density at radius 3 is 2.71 bits per heavy atom. The molecule has 0 radical (unpaired) electrons. The van der Waals surface area contributed by atoms with Crippen LogP contribution in [-0.4, -0.2) is 44.1 Å². The van der Waals surface area contributed by atoms with Crippen LogP contribution in [0.2, 0.25) is 0 Å². The molecule has 0 spiro atoms. The molecule has 1 atom stereocenters. The number of carbonyl (C=O) groups excluding carboxylic acids is 1. The van der Waals surface area contributed by atoms with Crippen LogP contribution < -0.4 is 0 Å². The van der Waals surface area contributed by atoms with Crippen molar-refractivity contribution in [3.05, 3.63) is 72.2 Å². The van der Waals surface area contributed by atoms with Gasteiger partial charge in [-0.2, -0.15) is 5.10 Å². The van der Waals surface area contributed by atoms with E-state index in [1.807, 2.05) is 59.5 Å². The maximum Gasteiger partial charge on any atom is 0.253 e. The number of benzene rings is 2. The molecule has 6 nitrogen and oxygen atoms in total. The molecule has 6 heteroatoms. The zero-order chi connectivity index (χ0) is 18.9. The minimum Gasteiger partial charge on any atom is -0.342 e. The van der Waals surface area contributed by atoms with Gasteiger partial charge in [-0.25, -0.2) is 4.98 Å². The van der Waals surface area contributed by atoms with Gasteiger partial charge < -0.3 is 9.88 Å². The van der Waals surface area contributed by atoms with Crippen molar-refractivity contribution in [3.63, 3.8) is 0 Å². The number of aromatic nitrogens is 4. The number of para-hydroxylation sites is 2. The van der Waals surface area contributed by atoms with E-state index in [0.29, 0.717) is 12.1 Å². The zero-order valence-electron chi connectivity index (χ0n) is 15.4. The Morgan fingerprint density at radius 1 is 1.07 bits per heavy atom. The highest BCUT2D eigenvalue weighted by Gasteiger charge is 2.27. The van der Waals surface area contributed by atoms with Crippen LogP contribution in [0.4, 0.5) is 0 Å². The van der Waals surface area contributed by atoms with E-state index in [1.165, 1.54) is 0 Å². The van der Waals surface area contributed by atoms with Crippen LogP contribution in [0, 0.1) is 0 Å². The van der Waals surface area contributed by atoms with Crippen LogP contribution >= 0.6 is 0 Å². The smallest absolute Gasteiger partial charge is 0.253 e. The molecular weight excluding hydrogens is 350 g/mol. The lowest BCUT2D eigenvalue weighted by Gasteiger charge is -2.32. The SMILES string of the molecule is O=C(c1ccc(-c2ccn[nH]2)cc1)N1CCCC(c2nc3ccccc3[nH]2)C1. The van der Waals surface area contributed by atoms with Crippen molar-refractivity contribution < 1.29 is 4.79 Å². The van der Waals surface area contributed by atoms with E-state index in [4.69, 9.17) is 4.98 Å². The maximum absolute atomic E-state index is 13.0. The van der Waals surface area contributed by atoms with E-state index < -0.39 is 0 Å². The number of likely N-dealkylation sites (tertiary alicyclic amines) is 1. The summed E-state index contributed by atoms with van der Waals surface area (Å²) in [6.07, 6.45) is 3.75. The van der Waals surface area contributed by atoms with Gasteiger partial charge in [-0.05, 0) is 48.7 Å². The van der Waals surface area contributed by atoms with Crippen LogP contribution in [0.5, 0.6) is 0 Å². The van der Waals surface area contributed by atoms with Gasteiger partial charge in [-0.3, -0.25) is 9.89 Å². The molecule has 1 aliphatic rings. The second kappa shape index (κ2) is 6.96. The quantitative estimate of drug-likeness (QED) is 0.572. The summed E-state index contributed by atoms with van der Waals surface area (Å²) in [5.74, 6) is 1.31. The highest BCUT2D eigenvalue weighted by Crippen LogP contribution is 2.28. The number of rotatable bonds is 3. The molecule has 140 valence electrons. The standard InChI is InChI=1S/C22H21N5O/c28-22(16-9-7-15(8-10-16)18-11-12-23-26-18)27-13-3-4-17(14-27)21-24-19-5-1-2-6-20(19)25-21/h1-2,5-12,17H,3-4,13-14H2,(H,23,26)(H,24,25). The third-order valence-corrected chi connectivity index (χ3v) is 5.45. The molecule has 28 heavy (non-hydrogen) atoms. The number of carbonyl (C=O) groups is 1. The summed E-state index contributed by atoms with van der Waals surface area (Å²) in [6, 6.07) is 17.7. The van der Waals surface area contributed by atoms with E-state index >= 15 is 0 Å². The fraction of sp³-hybridized carbons (Fsp3) is 0.227. The average molecular weight is 371 g/mol. The van der Waals surface area contributed by atoms with Gasteiger partial charge in [0.1, 0.15) is 5.82 Å². The van der Waals surface area contributed by atoms with Gasteiger partial charge in [0, 0.05) is 30.8 Å². The lowest BCUT2D eigenvalue weighted by Crippen LogP contribution is -2.39. The summed E-state index contributed by atoms with van der Waals surface area (Å²) in [4.78, 5) is 23.1. The Balaban J connectivity index is 1.33. The Kier molecular flexibility index (Phi) is 4.16. The predicted octanol–water partition coefficient (Wildman–Crippen LogP) is 3.97. The van der Waals surface area contributed by atoms with Crippen LogP contribution in [0.3, 0.4) is 0 Å². The molecule has 1 aliphatic heterocycles. The first-order valence-corrected chi connectivity index (χ1v) is 9.62. The first-order valence-electron chi connectivity index (χ1n) is 9.62. The monoisotopic (exact) mass is 371 g/mol. The van der Waals surface area contributed by atoms with E-state index in [0.717, 1.165) is 47.5 Å². The first-order chi connectivity index (χ1) is 13.8. The van der Waals surface area contributed by atoms with Gasteiger partial charge in [-0.15, -0.1) is 0 Å². The van der Waals surface area contributed by atoms with Gasteiger partial charge >= 0.3 is 0 Å². The van der Waals surface area contributed by atoms with Crippen LogP contribution in [-0.2, 0) is 0 Å². The molecule has 1 unspecified atom stereocenters. The number of imidazole rings is 1. The number of piperidine rings is 1. The number of aromatic amines is 2. The largest absolute Gasteiger partial charge is 0.342 e. The molecule has 1 fully saturated rings. The minimum absolute atomic E-state index is 0.0805. The number of nitrogens with one attached hydrogen (secondary N) is 2. The summed E-state index contributed by atoms with van der Waals surface area (Å²) in [5, 5.41) is 6.92. The van der Waals surface area contributed by atoms with Crippen molar-refractivity contribution in [2.24, 2.45) is 0 Å². The van der Waals surface area contributed by atoms with E-state index in [-0.39, 0.29) is 11.8 Å². The van der Waals surface area contributed by atoms with Crippen molar-refractivity contribution in [2.45, 2.75) is 18.8 Å². The fourth-order valence-electron chi connectivity index (χ4n) is 3.94. The van der Waals surface area contributed by atoms with Crippen LogP contribution in [0.15, 0.2) is 60.8 Å². The maximum atomic E-state index is 13.0. The third-order valence-electron chi connectivity index (χ3n) is 5.45. The molecule has 5 rings (SSSR count). The Morgan fingerprint density at radius 2 is 1.93 bits per heavy atom. The number of fused-ring (bicyclic) bond motifs is 1. The van der Waals surface area contributed by atoms with E-state index in [9.17, 15) is 4.79 Å². The number of hydrogen-bond donors (Lipinski definition) is 2. The highest BCUT2D eigenvalue weighted by atomic mass is 16.2. The Bertz CT molecular complexity index is 1060. The molecule has 0 bridgehead atoms. The normalized spacial score (nSPS) is 17.1. The molecule has 0 saturated carbocycles. The molecule has 2 aromatic heterocycles. The number of amides is 1. The van der Waals surface area contributed by atoms with Crippen molar-refractivity contribution >= 4 is 16.9 Å². The molecule has 3 heterocycles. The second-order valence-electron chi connectivity index (χ2n) is 7.28. The van der Waals surface area contributed by atoms with Crippen molar-refractivity contribution in [2.75, 3.05) is 13.1 Å². The number of H-pyrrole nitrogens is 2. The van der Waals surface area contributed by atoms with Gasteiger partial charge in [0.05, 0.1) is 16.7 Å². The molecule has 1 saturated heterocycles. The van der Waals surface area contributed by atoms with Crippen molar-refractivity contribution in [3.8, 4) is 11.3 Å². The Hall–Kier alpha value is -3.41. The Labute approximate surface area is 162 Å². The zero-order valence-corrected chi connectivity index (χ0v) is 15.4. The first kappa shape index (κ1) is 16.7. The van der Waals surface area contributed by atoms with Gasteiger partial charge in [0.25, 0.3) is 5.91 Å². The highest BCUT2D eigenvalue weighted by molar-refractivity contribution is 5.94. The summed E-state index contributed by atoms with van der Waals surface area (Å²) >= 11 is 0. The molecule has 2 aromatic carbocycles. The second-order valence-corrected chi connectivity index (χ2v) is 7.28. The summed E-state index contributed by atoms with van der Waals surface area (Å²) < 4.78 is 0. The molecule has 1 amide bonds. The summed E-state index contributed by atoms with van der Waals surface area (Å²) in [7, 11) is 0. The average Bonchev–Trinajstić information content (AvgIpc) is 3.43. The molecule has 4 aromatic rings. The van der Waals surface area contributed by atoms with Crippen molar-refractivity contribution in [1.29, 1.82) is 0 Å². The summed E-state index contributed by atoms with van der Waals surface area (Å²) in [5.41, 5.74) is 4.72. The number of hydrogen-bond acceptors (Lipinski definition) is 3. The van der Waals surface area contributed by atoms with Crippen LogP contribution in [0.1, 0.15) is 34.9 Å². The van der Waals surface area contributed by atoms with E-state index in [1.54, 1.807) is 6.20 Å². The fourth-order valence-corrected chi connectivity index (χ4v) is 3.94. The third kappa shape index (κ3) is 3.07. The molecule has 0 aliphatic carbocycles. The summed E-state index contributed by atoms with van der Waals surface area (Å²) in [6.45, 7) is 1.48. The lowest BCUT2D eigenvalue weighted by molar-refractivity contribution is 0.0705. The van der Waals surface area contributed by atoms with Crippen molar-refractivity contribution in [1.82, 2.24) is 25.1 Å². The van der Waals surface area contributed by atoms with Gasteiger partial charge in [0.15, 0.2) is 0 Å². The van der Waals surface area contributed by atoms with Gasteiger partial charge in [0.2, 0.25) is 0 Å². The minimum atomic E-state index is 0.0805. The van der Waals surface area contributed by atoms with Crippen LogP contribution in [0.25, 0.3) is 22.3 Å². The van der Waals surface area contributed by atoms with E-state index in [2.05, 4.69) is 15.2 Å². The number of nitrogens with zero attached hydrogens (tertiary/aromatic N) is 3. The van der Waals surface area contributed by atoms with Gasteiger partial charge in [-0.1, -0.05) is 24.3 Å². The lowest BCUT2D eigenvalue weighted by atomic mass is 9.96. The molecular formula is C22H21N5O.